The van der Waals surface area contributed by atoms with Gasteiger partial charge in [0, 0.05) is 22.4 Å². The van der Waals surface area contributed by atoms with Crippen LogP contribution in [0.15, 0.2) is 53.0 Å². The number of halogens is 1. The van der Waals surface area contributed by atoms with E-state index in [1.165, 1.54) is 5.56 Å². The third-order valence-electron chi connectivity index (χ3n) is 2.76. The number of benzene rings is 2. The van der Waals surface area contributed by atoms with Gasteiger partial charge < -0.3 is 16.4 Å². The van der Waals surface area contributed by atoms with E-state index in [9.17, 15) is 0 Å². The van der Waals surface area contributed by atoms with Crippen molar-refractivity contribution in [1.29, 1.82) is 0 Å². The number of thiocarbonyl (C=S) groups is 1. The van der Waals surface area contributed by atoms with Gasteiger partial charge in [-0.25, -0.2) is 0 Å². The molecule has 0 saturated heterocycles. The summed E-state index contributed by atoms with van der Waals surface area (Å²) in [4.78, 5) is 0. The summed E-state index contributed by atoms with van der Waals surface area (Å²) in [5.41, 5.74) is 8.57. The fourth-order valence-electron chi connectivity index (χ4n) is 1.75. The summed E-state index contributed by atoms with van der Waals surface area (Å²) in [6, 6.07) is 15.7. The monoisotopic (exact) mass is 349 g/mol. The van der Waals surface area contributed by atoms with Gasteiger partial charge in [-0.15, -0.1) is 0 Å². The van der Waals surface area contributed by atoms with Gasteiger partial charge in [0.15, 0.2) is 5.11 Å². The Kier molecular flexibility index (Phi) is 5.38. The lowest BCUT2D eigenvalue weighted by molar-refractivity contribution is 0.873. The van der Waals surface area contributed by atoms with Crippen LogP contribution in [0.3, 0.4) is 0 Å². The molecule has 0 spiro atoms. The molecule has 20 heavy (non-hydrogen) atoms. The van der Waals surface area contributed by atoms with Crippen molar-refractivity contribution in [2.75, 3.05) is 17.6 Å². The van der Waals surface area contributed by atoms with Gasteiger partial charge >= 0.3 is 0 Å². The topological polar surface area (TPSA) is 50.1 Å². The van der Waals surface area contributed by atoms with Gasteiger partial charge in [-0.2, -0.15) is 0 Å². The summed E-state index contributed by atoms with van der Waals surface area (Å²) >= 11 is 8.71. The maximum Gasteiger partial charge on any atom is 0.170 e. The zero-order valence-electron chi connectivity index (χ0n) is 10.9. The van der Waals surface area contributed by atoms with E-state index in [4.69, 9.17) is 18.0 Å². The first-order valence-corrected chi connectivity index (χ1v) is 7.48. The molecular weight excluding hydrogens is 334 g/mol. The Bertz CT molecular complexity index is 584. The van der Waals surface area contributed by atoms with Crippen LogP contribution >= 0.6 is 28.1 Å². The van der Waals surface area contributed by atoms with Crippen molar-refractivity contribution in [2.24, 2.45) is 0 Å². The van der Waals surface area contributed by atoms with Crippen LogP contribution in [-0.2, 0) is 6.42 Å². The summed E-state index contributed by atoms with van der Waals surface area (Å²) in [5.74, 6) is 0. The average molecular weight is 350 g/mol. The minimum Gasteiger partial charge on any atom is -0.399 e. The van der Waals surface area contributed by atoms with E-state index in [0.717, 1.165) is 28.8 Å². The SMILES string of the molecule is Nc1ccc(NC(=S)NCCc2cccc(Br)c2)cc1. The third-order valence-corrected chi connectivity index (χ3v) is 3.50. The highest BCUT2D eigenvalue weighted by Gasteiger charge is 1.98. The molecule has 5 heteroatoms. The molecule has 3 nitrogen and oxygen atoms in total. The van der Waals surface area contributed by atoms with Gasteiger partial charge in [-0.3, -0.25) is 0 Å². The number of nitrogens with two attached hydrogens (primary N) is 1. The van der Waals surface area contributed by atoms with Crippen molar-refractivity contribution in [3.63, 3.8) is 0 Å². The van der Waals surface area contributed by atoms with Crippen LogP contribution in [0.25, 0.3) is 0 Å². The maximum absolute atomic E-state index is 5.63. The molecule has 0 heterocycles. The van der Waals surface area contributed by atoms with Crippen molar-refractivity contribution in [2.45, 2.75) is 6.42 Å². The molecule has 2 aromatic carbocycles. The molecule has 0 radical (unpaired) electrons. The van der Waals surface area contributed by atoms with Crippen LogP contribution in [0.2, 0.25) is 0 Å². The van der Waals surface area contributed by atoms with Crippen LogP contribution < -0.4 is 16.4 Å². The molecule has 0 aliphatic carbocycles. The minimum atomic E-state index is 0.616. The summed E-state index contributed by atoms with van der Waals surface area (Å²) < 4.78 is 1.09. The molecule has 0 atom stereocenters. The molecule has 0 saturated carbocycles. The molecular formula is C15H16BrN3S. The molecule has 0 bridgehead atoms. The number of anilines is 2. The smallest absolute Gasteiger partial charge is 0.170 e. The van der Waals surface area contributed by atoms with Crippen molar-refractivity contribution in [3.05, 3.63) is 58.6 Å². The van der Waals surface area contributed by atoms with Gasteiger partial charge in [-0.05, 0) is 60.6 Å². The number of nitrogen functional groups attached to an aromatic ring is 1. The molecule has 0 fully saturated rings. The van der Waals surface area contributed by atoms with E-state index in [0.29, 0.717) is 5.11 Å². The quantitative estimate of drug-likeness (QED) is 0.583. The molecule has 0 unspecified atom stereocenters. The largest absolute Gasteiger partial charge is 0.399 e. The van der Waals surface area contributed by atoms with E-state index in [1.807, 2.05) is 36.4 Å². The summed E-state index contributed by atoms with van der Waals surface area (Å²) in [5, 5.41) is 6.93. The number of hydrogen-bond donors (Lipinski definition) is 3. The highest BCUT2D eigenvalue weighted by molar-refractivity contribution is 9.10. The van der Waals surface area contributed by atoms with E-state index in [1.54, 1.807) is 0 Å². The third kappa shape index (κ3) is 4.83. The first kappa shape index (κ1) is 14.8. The lowest BCUT2D eigenvalue weighted by atomic mass is 10.1. The standard InChI is InChI=1S/C15H16BrN3S/c16-12-3-1-2-11(10-12)8-9-18-15(20)19-14-6-4-13(17)5-7-14/h1-7,10H,8-9,17H2,(H2,18,19,20). The van der Waals surface area contributed by atoms with Crippen molar-refractivity contribution in [1.82, 2.24) is 5.32 Å². The Morgan fingerprint density at radius 3 is 2.60 bits per heavy atom. The second-order valence-electron chi connectivity index (χ2n) is 4.38. The lowest BCUT2D eigenvalue weighted by Crippen LogP contribution is -2.30. The molecule has 2 aromatic rings. The predicted molar refractivity (Wildman–Crippen MR) is 92.9 cm³/mol. The zero-order chi connectivity index (χ0) is 14.4. The number of hydrogen-bond acceptors (Lipinski definition) is 2. The zero-order valence-corrected chi connectivity index (χ0v) is 13.3. The molecule has 2 rings (SSSR count). The highest BCUT2D eigenvalue weighted by atomic mass is 79.9. The normalized spacial score (nSPS) is 10.1. The van der Waals surface area contributed by atoms with Crippen molar-refractivity contribution < 1.29 is 0 Å². The van der Waals surface area contributed by atoms with E-state index < -0.39 is 0 Å². The Hall–Kier alpha value is -1.59. The molecule has 0 aliphatic rings. The van der Waals surface area contributed by atoms with E-state index >= 15 is 0 Å². The molecule has 4 N–H and O–H groups in total. The Labute approximate surface area is 132 Å². The van der Waals surface area contributed by atoms with Crippen LogP contribution in [0.4, 0.5) is 11.4 Å². The second-order valence-corrected chi connectivity index (χ2v) is 5.71. The first-order chi connectivity index (χ1) is 9.63. The van der Waals surface area contributed by atoms with E-state index in [2.05, 4.69) is 38.7 Å². The Balaban J connectivity index is 1.76. The number of nitrogens with one attached hydrogen (secondary N) is 2. The Morgan fingerprint density at radius 2 is 1.90 bits per heavy atom. The van der Waals surface area contributed by atoms with Gasteiger partial charge in [0.2, 0.25) is 0 Å². The van der Waals surface area contributed by atoms with E-state index in [-0.39, 0.29) is 0 Å². The molecule has 0 aromatic heterocycles. The van der Waals surface area contributed by atoms with Gasteiger partial charge in [0.05, 0.1) is 0 Å². The summed E-state index contributed by atoms with van der Waals surface area (Å²) in [6.07, 6.45) is 0.920. The van der Waals surface area contributed by atoms with Crippen LogP contribution in [0.5, 0.6) is 0 Å². The van der Waals surface area contributed by atoms with Crippen LogP contribution in [-0.4, -0.2) is 11.7 Å². The molecule has 0 aliphatic heterocycles. The highest BCUT2D eigenvalue weighted by Crippen LogP contribution is 2.12. The molecule has 104 valence electrons. The number of rotatable bonds is 4. The van der Waals surface area contributed by atoms with Gasteiger partial charge in [-0.1, -0.05) is 28.1 Å². The minimum absolute atomic E-state index is 0.616. The summed E-state index contributed by atoms with van der Waals surface area (Å²) in [7, 11) is 0. The maximum atomic E-state index is 5.63. The fraction of sp³-hybridized carbons (Fsp3) is 0.133. The summed E-state index contributed by atoms with van der Waals surface area (Å²) in [6.45, 7) is 0.789. The van der Waals surface area contributed by atoms with Gasteiger partial charge in [0.25, 0.3) is 0 Å². The Morgan fingerprint density at radius 1 is 1.15 bits per heavy atom. The lowest BCUT2D eigenvalue weighted by Gasteiger charge is -2.10. The van der Waals surface area contributed by atoms with Crippen LogP contribution in [0.1, 0.15) is 5.56 Å². The fourth-order valence-corrected chi connectivity index (χ4v) is 2.42. The molecule has 0 amide bonds. The first-order valence-electron chi connectivity index (χ1n) is 6.28. The van der Waals surface area contributed by atoms with Gasteiger partial charge in [0.1, 0.15) is 0 Å². The van der Waals surface area contributed by atoms with Crippen molar-refractivity contribution >= 4 is 44.6 Å². The van der Waals surface area contributed by atoms with Crippen molar-refractivity contribution in [3.8, 4) is 0 Å². The predicted octanol–water partition coefficient (Wildman–Crippen LogP) is 3.56. The van der Waals surface area contributed by atoms with Crippen LogP contribution in [0, 0.1) is 0 Å². The average Bonchev–Trinajstić information content (AvgIpc) is 2.41. The second kappa shape index (κ2) is 7.26.